The van der Waals surface area contributed by atoms with E-state index in [0.29, 0.717) is 17.2 Å². The topological polar surface area (TPSA) is 53.4 Å². The van der Waals surface area contributed by atoms with E-state index in [9.17, 15) is 10.2 Å². The van der Waals surface area contributed by atoms with Crippen molar-refractivity contribution in [2.75, 3.05) is 5.75 Å². The summed E-state index contributed by atoms with van der Waals surface area (Å²) in [6, 6.07) is 0. The molecule has 1 aromatic heterocycles. The second-order valence-electron chi connectivity index (χ2n) is 4.59. The van der Waals surface area contributed by atoms with Crippen LogP contribution in [-0.2, 0) is 12.4 Å². The molecule has 17 heavy (non-hydrogen) atoms. The summed E-state index contributed by atoms with van der Waals surface area (Å²) in [6.45, 7) is 6.03. The van der Waals surface area contributed by atoms with Gasteiger partial charge in [0.15, 0.2) is 0 Å². The summed E-state index contributed by atoms with van der Waals surface area (Å²) < 4.78 is 0. The highest BCUT2D eigenvalue weighted by Gasteiger charge is 2.10. The summed E-state index contributed by atoms with van der Waals surface area (Å²) in [5.41, 5.74) is 2.13. The van der Waals surface area contributed by atoms with Crippen LogP contribution in [0.2, 0.25) is 0 Å². The van der Waals surface area contributed by atoms with Crippen LogP contribution >= 0.6 is 11.8 Å². The van der Waals surface area contributed by atoms with Crippen molar-refractivity contribution in [3.05, 3.63) is 23.0 Å². The van der Waals surface area contributed by atoms with E-state index in [1.807, 2.05) is 11.8 Å². The molecular weight excluding hydrogens is 234 g/mol. The molecule has 0 saturated heterocycles. The second-order valence-corrected chi connectivity index (χ2v) is 5.69. The standard InChI is InChI=1S/C13H21NO2S/c1-9(2)4-5-17-8-11-6-14-10(3)13(16)12(11)7-15/h6,9,15-16H,4-5,7-8H2,1-3H3. The zero-order valence-corrected chi connectivity index (χ0v) is 11.5. The molecule has 0 aliphatic rings. The molecule has 1 aromatic rings. The van der Waals surface area contributed by atoms with Gasteiger partial charge in [-0.25, -0.2) is 0 Å². The average molecular weight is 255 g/mol. The van der Waals surface area contributed by atoms with Gasteiger partial charge in [-0.3, -0.25) is 4.98 Å². The number of nitrogens with zero attached hydrogens (tertiary/aromatic N) is 1. The van der Waals surface area contributed by atoms with E-state index in [4.69, 9.17) is 0 Å². The van der Waals surface area contributed by atoms with E-state index in [0.717, 1.165) is 17.1 Å². The minimum Gasteiger partial charge on any atom is -0.506 e. The fraction of sp³-hybridized carbons (Fsp3) is 0.615. The lowest BCUT2D eigenvalue weighted by Gasteiger charge is -2.11. The molecule has 0 unspecified atom stereocenters. The van der Waals surface area contributed by atoms with Gasteiger partial charge in [0.2, 0.25) is 0 Å². The predicted molar refractivity (Wildman–Crippen MR) is 72.2 cm³/mol. The van der Waals surface area contributed by atoms with Gasteiger partial charge in [-0.15, -0.1) is 0 Å². The van der Waals surface area contributed by atoms with Crippen LogP contribution in [0.15, 0.2) is 6.20 Å². The fourth-order valence-electron chi connectivity index (χ4n) is 1.49. The number of aromatic nitrogens is 1. The Hall–Kier alpha value is -0.740. The molecule has 1 rings (SSSR count). The zero-order chi connectivity index (χ0) is 12.8. The van der Waals surface area contributed by atoms with Gasteiger partial charge in [-0.2, -0.15) is 11.8 Å². The van der Waals surface area contributed by atoms with Crippen molar-refractivity contribution in [3.8, 4) is 5.75 Å². The third-order valence-corrected chi connectivity index (χ3v) is 3.72. The van der Waals surface area contributed by atoms with E-state index in [1.165, 1.54) is 6.42 Å². The number of aliphatic hydroxyl groups excluding tert-OH is 1. The molecule has 0 aliphatic heterocycles. The maximum atomic E-state index is 9.79. The normalized spacial score (nSPS) is 11.1. The Balaban J connectivity index is 2.62. The number of hydrogen-bond acceptors (Lipinski definition) is 4. The van der Waals surface area contributed by atoms with E-state index < -0.39 is 0 Å². The highest BCUT2D eigenvalue weighted by atomic mass is 32.2. The highest BCUT2D eigenvalue weighted by Crippen LogP contribution is 2.26. The van der Waals surface area contributed by atoms with E-state index in [2.05, 4.69) is 18.8 Å². The van der Waals surface area contributed by atoms with Gasteiger partial charge in [0.1, 0.15) is 5.75 Å². The number of aryl methyl sites for hydroxylation is 1. The van der Waals surface area contributed by atoms with Crippen molar-refractivity contribution in [3.63, 3.8) is 0 Å². The summed E-state index contributed by atoms with van der Waals surface area (Å²) >= 11 is 1.82. The van der Waals surface area contributed by atoms with Crippen LogP contribution in [0.25, 0.3) is 0 Å². The summed E-state index contributed by atoms with van der Waals surface area (Å²) in [5, 5.41) is 19.1. The first kappa shape index (κ1) is 14.3. The molecule has 4 heteroatoms. The average Bonchev–Trinajstić information content (AvgIpc) is 2.29. The van der Waals surface area contributed by atoms with Crippen LogP contribution in [0.4, 0.5) is 0 Å². The minimum absolute atomic E-state index is 0.130. The lowest BCUT2D eigenvalue weighted by Crippen LogP contribution is -1.98. The molecular formula is C13H21NO2S. The van der Waals surface area contributed by atoms with Gasteiger partial charge in [0.25, 0.3) is 0 Å². The number of hydrogen-bond donors (Lipinski definition) is 2. The van der Waals surface area contributed by atoms with E-state index >= 15 is 0 Å². The summed E-state index contributed by atoms with van der Waals surface area (Å²) in [6.07, 6.45) is 2.94. The predicted octanol–water partition coefficient (Wildman–Crippen LogP) is 2.87. The van der Waals surface area contributed by atoms with Crippen LogP contribution < -0.4 is 0 Å². The van der Waals surface area contributed by atoms with E-state index in [1.54, 1.807) is 13.1 Å². The largest absolute Gasteiger partial charge is 0.506 e. The van der Waals surface area contributed by atoms with Gasteiger partial charge in [-0.05, 0) is 30.6 Å². The van der Waals surface area contributed by atoms with Crippen molar-refractivity contribution < 1.29 is 10.2 Å². The first-order valence-electron chi connectivity index (χ1n) is 5.91. The molecule has 96 valence electrons. The third-order valence-electron chi connectivity index (χ3n) is 2.69. The van der Waals surface area contributed by atoms with Crippen LogP contribution in [0, 0.1) is 12.8 Å². The Morgan fingerprint density at radius 2 is 2.12 bits per heavy atom. The fourth-order valence-corrected chi connectivity index (χ4v) is 2.74. The van der Waals surface area contributed by atoms with Gasteiger partial charge in [-0.1, -0.05) is 13.8 Å². The zero-order valence-electron chi connectivity index (χ0n) is 10.7. The highest BCUT2D eigenvalue weighted by molar-refractivity contribution is 7.98. The quantitative estimate of drug-likeness (QED) is 0.767. The molecule has 0 saturated carbocycles. The summed E-state index contributed by atoms with van der Waals surface area (Å²) in [4.78, 5) is 4.13. The number of pyridine rings is 1. The van der Waals surface area contributed by atoms with Crippen LogP contribution in [-0.4, -0.2) is 20.9 Å². The van der Waals surface area contributed by atoms with Crippen molar-refractivity contribution >= 4 is 11.8 Å². The molecule has 0 aliphatic carbocycles. The Labute approximate surface area is 107 Å². The SMILES string of the molecule is Cc1ncc(CSCCC(C)C)c(CO)c1O. The van der Waals surface area contributed by atoms with Crippen LogP contribution in [0.3, 0.4) is 0 Å². The summed E-state index contributed by atoms with van der Waals surface area (Å²) in [5.74, 6) is 2.74. The molecule has 2 N–H and O–H groups in total. The maximum Gasteiger partial charge on any atom is 0.142 e. The first-order chi connectivity index (χ1) is 8.06. The number of aliphatic hydroxyl groups is 1. The monoisotopic (exact) mass is 255 g/mol. The molecule has 3 nitrogen and oxygen atoms in total. The van der Waals surface area contributed by atoms with Crippen molar-refractivity contribution in [1.29, 1.82) is 0 Å². The third kappa shape index (κ3) is 4.21. The van der Waals surface area contributed by atoms with Crippen molar-refractivity contribution in [1.82, 2.24) is 4.98 Å². The molecule has 0 atom stereocenters. The molecule has 0 aromatic carbocycles. The lowest BCUT2D eigenvalue weighted by atomic mass is 10.1. The Morgan fingerprint density at radius 3 is 2.71 bits per heavy atom. The smallest absolute Gasteiger partial charge is 0.142 e. The lowest BCUT2D eigenvalue weighted by molar-refractivity contribution is 0.274. The number of rotatable bonds is 6. The van der Waals surface area contributed by atoms with Crippen LogP contribution in [0.5, 0.6) is 5.75 Å². The number of thioether (sulfide) groups is 1. The first-order valence-corrected chi connectivity index (χ1v) is 7.06. The molecule has 0 fully saturated rings. The molecule has 0 spiro atoms. The Morgan fingerprint density at radius 1 is 1.41 bits per heavy atom. The minimum atomic E-state index is -0.130. The molecule has 1 heterocycles. The maximum absolute atomic E-state index is 9.79. The van der Waals surface area contributed by atoms with Gasteiger partial charge in [0.05, 0.1) is 12.3 Å². The van der Waals surface area contributed by atoms with Gasteiger partial charge < -0.3 is 10.2 Å². The molecule has 0 bridgehead atoms. The Bertz CT molecular complexity index is 367. The van der Waals surface area contributed by atoms with Crippen molar-refractivity contribution in [2.24, 2.45) is 5.92 Å². The van der Waals surface area contributed by atoms with Gasteiger partial charge >= 0.3 is 0 Å². The molecule has 0 amide bonds. The molecule has 0 radical (unpaired) electrons. The van der Waals surface area contributed by atoms with Gasteiger partial charge in [0, 0.05) is 17.5 Å². The van der Waals surface area contributed by atoms with Crippen LogP contribution in [0.1, 0.15) is 37.1 Å². The van der Waals surface area contributed by atoms with E-state index in [-0.39, 0.29) is 12.4 Å². The Kier molecular flexibility index (Phi) is 5.78. The summed E-state index contributed by atoms with van der Waals surface area (Å²) in [7, 11) is 0. The second kappa shape index (κ2) is 6.87. The van der Waals surface area contributed by atoms with Crippen molar-refractivity contribution in [2.45, 2.75) is 39.6 Å². The number of aromatic hydroxyl groups is 1.